The number of methoxy groups -OCH3 is 1. The molecule has 1 aromatic heterocycles. The zero-order valence-electron chi connectivity index (χ0n) is 16.6. The largest absolute Gasteiger partial charge is 0.496 e. The van der Waals surface area contributed by atoms with Gasteiger partial charge in [0, 0.05) is 51.7 Å². The van der Waals surface area contributed by atoms with Crippen molar-refractivity contribution in [1.29, 1.82) is 0 Å². The van der Waals surface area contributed by atoms with E-state index in [9.17, 15) is 4.79 Å². The molecule has 1 aliphatic rings. The number of para-hydroxylation sites is 1. The minimum Gasteiger partial charge on any atom is -0.496 e. The number of carbonyl (C=O) groups is 1. The normalized spacial score (nSPS) is 18.9. The third-order valence-corrected chi connectivity index (χ3v) is 5.41. The summed E-state index contributed by atoms with van der Waals surface area (Å²) in [5.41, 5.74) is 1.01. The summed E-state index contributed by atoms with van der Waals surface area (Å²) in [5.74, 6) is 1.88. The smallest absolute Gasteiger partial charge is 0.237 e. The molecule has 0 saturated carbocycles. The number of piperazine rings is 1. The van der Waals surface area contributed by atoms with Gasteiger partial charge in [-0.25, -0.2) is 4.98 Å². The van der Waals surface area contributed by atoms with E-state index in [0.717, 1.165) is 36.8 Å². The van der Waals surface area contributed by atoms with Crippen molar-refractivity contribution in [2.45, 2.75) is 19.0 Å². The molecule has 1 aliphatic heterocycles. The predicted molar refractivity (Wildman–Crippen MR) is 105 cm³/mol. The van der Waals surface area contributed by atoms with Crippen molar-refractivity contribution in [1.82, 2.24) is 24.7 Å². The highest BCUT2D eigenvalue weighted by atomic mass is 16.5. The van der Waals surface area contributed by atoms with E-state index >= 15 is 0 Å². The van der Waals surface area contributed by atoms with Gasteiger partial charge in [0.1, 0.15) is 11.6 Å². The van der Waals surface area contributed by atoms with Gasteiger partial charge in [0.25, 0.3) is 0 Å². The Morgan fingerprint density at radius 3 is 2.93 bits per heavy atom. The van der Waals surface area contributed by atoms with Crippen LogP contribution in [0.3, 0.4) is 0 Å². The SMILES string of the molecule is COc1ccccc1C(C)N(C)C(=O)CN1CCNCC1c1nccn1C. The Morgan fingerprint density at radius 1 is 1.44 bits per heavy atom. The molecule has 3 rings (SSSR count). The number of amides is 1. The Balaban J connectivity index is 1.72. The molecule has 0 aliphatic carbocycles. The molecule has 7 heteroatoms. The van der Waals surface area contributed by atoms with E-state index in [1.807, 2.05) is 56.0 Å². The number of hydrogen-bond acceptors (Lipinski definition) is 5. The number of aryl methyl sites for hydroxylation is 1. The van der Waals surface area contributed by atoms with Crippen molar-refractivity contribution in [3.8, 4) is 5.75 Å². The molecule has 7 nitrogen and oxygen atoms in total. The molecule has 146 valence electrons. The molecule has 2 heterocycles. The lowest BCUT2D eigenvalue weighted by atomic mass is 10.1. The molecule has 27 heavy (non-hydrogen) atoms. The Kier molecular flexibility index (Phi) is 6.13. The first-order valence-electron chi connectivity index (χ1n) is 9.33. The van der Waals surface area contributed by atoms with Crippen LogP contribution in [0.2, 0.25) is 0 Å². The van der Waals surface area contributed by atoms with Gasteiger partial charge in [0.2, 0.25) is 5.91 Å². The maximum absolute atomic E-state index is 13.0. The molecular weight excluding hydrogens is 342 g/mol. The standard InChI is InChI=1S/C20H29N5O2/c1-15(16-7-5-6-8-18(16)27-4)24(3)19(26)14-25-12-9-21-13-17(25)20-22-10-11-23(20)2/h5-8,10-11,15,17,21H,9,12-14H2,1-4H3. The number of imidazole rings is 1. The third-order valence-electron chi connectivity index (χ3n) is 5.41. The van der Waals surface area contributed by atoms with Crippen molar-refractivity contribution in [3.05, 3.63) is 48.0 Å². The van der Waals surface area contributed by atoms with Crippen molar-refractivity contribution in [3.63, 3.8) is 0 Å². The van der Waals surface area contributed by atoms with Crippen LogP contribution in [0.1, 0.15) is 30.4 Å². The molecule has 1 N–H and O–H groups in total. The average molecular weight is 371 g/mol. The quantitative estimate of drug-likeness (QED) is 0.836. The summed E-state index contributed by atoms with van der Waals surface area (Å²) < 4.78 is 7.48. The Hall–Kier alpha value is -2.38. The molecule has 1 amide bonds. The molecule has 2 aromatic rings. The minimum atomic E-state index is -0.0665. The third kappa shape index (κ3) is 4.14. The van der Waals surface area contributed by atoms with Crippen LogP contribution in [-0.2, 0) is 11.8 Å². The second-order valence-corrected chi connectivity index (χ2v) is 7.01. The maximum Gasteiger partial charge on any atom is 0.237 e. The van der Waals surface area contributed by atoms with Gasteiger partial charge < -0.3 is 19.5 Å². The summed E-state index contributed by atoms with van der Waals surface area (Å²) in [6.07, 6.45) is 3.75. The summed E-state index contributed by atoms with van der Waals surface area (Å²) in [5, 5.41) is 3.41. The van der Waals surface area contributed by atoms with Crippen LogP contribution in [0.4, 0.5) is 0 Å². The van der Waals surface area contributed by atoms with Crippen LogP contribution in [0.25, 0.3) is 0 Å². The summed E-state index contributed by atoms with van der Waals surface area (Å²) in [6.45, 7) is 4.89. The van der Waals surface area contributed by atoms with E-state index in [-0.39, 0.29) is 18.0 Å². The van der Waals surface area contributed by atoms with Crippen LogP contribution < -0.4 is 10.1 Å². The molecule has 1 aromatic carbocycles. The molecule has 2 atom stereocenters. The zero-order chi connectivity index (χ0) is 19.4. The number of nitrogens with one attached hydrogen (secondary N) is 1. The van der Waals surface area contributed by atoms with E-state index in [4.69, 9.17) is 4.74 Å². The highest BCUT2D eigenvalue weighted by Gasteiger charge is 2.30. The molecule has 0 radical (unpaired) electrons. The van der Waals surface area contributed by atoms with Crippen LogP contribution in [-0.4, -0.2) is 65.6 Å². The van der Waals surface area contributed by atoms with Crippen LogP contribution in [0, 0.1) is 0 Å². The van der Waals surface area contributed by atoms with E-state index in [0.29, 0.717) is 6.54 Å². The first kappa shape index (κ1) is 19.4. The van der Waals surface area contributed by atoms with Crippen LogP contribution in [0.15, 0.2) is 36.7 Å². The van der Waals surface area contributed by atoms with Crippen LogP contribution in [0.5, 0.6) is 5.75 Å². The lowest BCUT2D eigenvalue weighted by Gasteiger charge is -2.37. The summed E-state index contributed by atoms with van der Waals surface area (Å²) in [4.78, 5) is 21.5. The van der Waals surface area contributed by atoms with Crippen molar-refractivity contribution in [2.75, 3.05) is 40.3 Å². The molecular formula is C20H29N5O2. The number of rotatable bonds is 6. The Labute approximate surface area is 160 Å². The second kappa shape index (κ2) is 8.54. The fraction of sp³-hybridized carbons (Fsp3) is 0.500. The van der Waals surface area contributed by atoms with Crippen molar-refractivity contribution < 1.29 is 9.53 Å². The maximum atomic E-state index is 13.0. The number of hydrogen-bond donors (Lipinski definition) is 1. The first-order chi connectivity index (χ1) is 13.0. The van der Waals surface area contributed by atoms with Gasteiger partial charge in [0.15, 0.2) is 0 Å². The summed E-state index contributed by atoms with van der Waals surface area (Å²) >= 11 is 0. The Bertz CT molecular complexity index is 775. The summed E-state index contributed by atoms with van der Waals surface area (Å²) in [6, 6.07) is 7.88. The van der Waals surface area contributed by atoms with Crippen molar-refractivity contribution >= 4 is 5.91 Å². The lowest BCUT2D eigenvalue weighted by Crippen LogP contribution is -2.50. The van der Waals surface area contributed by atoms with Gasteiger partial charge in [-0.3, -0.25) is 9.69 Å². The number of likely N-dealkylation sites (N-methyl/N-ethyl adjacent to an activating group) is 1. The number of benzene rings is 1. The average Bonchev–Trinajstić information content (AvgIpc) is 3.12. The lowest BCUT2D eigenvalue weighted by molar-refractivity contribution is -0.134. The van der Waals surface area contributed by atoms with E-state index in [2.05, 4.69) is 15.2 Å². The Morgan fingerprint density at radius 2 is 2.22 bits per heavy atom. The first-order valence-corrected chi connectivity index (χ1v) is 9.33. The highest BCUT2D eigenvalue weighted by molar-refractivity contribution is 5.78. The molecule has 0 bridgehead atoms. The minimum absolute atomic E-state index is 0.0665. The monoisotopic (exact) mass is 371 g/mol. The second-order valence-electron chi connectivity index (χ2n) is 7.01. The van der Waals surface area contributed by atoms with Crippen LogP contribution >= 0.6 is 0 Å². The number of nitrogens with zero attached hydrogens (tertiary/aromatic N) is 4. The van der Waals surface area contributed by atoms with Gasteiger partial charge >= 0.3 is 0 Å². The fourth-order valence-corrected chi connectivity index (χ4v) is 3.61. The van der Waals surface area contributed by atoms with Gasteiger partial charge in [-0.2, -0.15) is 0 Å². The number of carbonyl (C=O) groups excluding carboxylic acids is 1. The topological polar surface area (TPSA) is 62.6 Å². The fourth-order valence-electron chi connectivity index (χ4n) is 3.61. The molecule has 1 saturated heterocycles. The highest BCUT2D eigenvalue weighted by Crippen LogP contribution is 2.28. The predicted octanol–water partition coefficient (Wildman–Crippen LogP) is 1.59. The van der Waals surface area contributed by atoms with E-state index in [1.54, 1.807) is 18.2 Å². The molecule has 0 spiro atoms. The van der Waals surface area contributed by atoms with Crippen molar-refractivity contribution in [2.24, 2.45) is 7.05 Å². The molecule has 2 unspecified atom stereocenters. The zero-order valence-corrected chi connectivity index (χ0v) is 16.6. The van der Waals surface area contributed by atoms with E-state index in [1.165, 1.54) is 0 Å². The number of ether oxygens (including phenoxy) is 1. The van der Waals surface area contributed by atoms with Gasteiger partial charge in [0.05, 0.1) is 25.7 Å². The van der Waals surface area contributed by atoms with Gasteiger partial charge in [-0.15, -0.1) is 0 Å². The number of aromatic nitrogens is 2. The van der Waals surface area contributed by atoms with E-state index < -0.39 is 0 Å². The van der Waals surface area contributed by atoms with Gasteiger partial charge in [-0.05, 0) is 13.0 Å². The summed E-state index contributed by atoms with van der Waals surface area (Å²) in [7, 11) is 5.51. The van der Waals surface area contributed by atoms with Gasteiger partial charge in [-0.1, -0.05) is 18.2 Å². The molecule has 1 fully saturated rings.